The summed E-state index contributed by atoms with van der Waals surface area (Å²) in [7, 11) is 0. The number of nitrogens with one attached hydrogen (secondary N) is 1. The lowest BCUT2D eigenvalue weighted by Crippen LogP contribution is -2.48. The van der Waals surface area contributed by atoms with Gasteiger partial charge in [0.05, 0.1) is 0 Å². The van der Waals surface area contributed by atoms with Crippen molar-refractivity contribution in [1.82, 2.24) is 5.32 Å². The Morgan fingerprint density at radius 3 is 2.48 bits per heavy atom. The molecule has 0 aliphatic rings. The molecule has 0 fully saturated rings. The van der Waals surface area contributed by atoms with Crippen LogP contribution in [0, 0.1) is 5.82 Å². The predicted octanol–water partition coefficient (Wildman–Crippen LogP) is 2.57. The molecule has 1 rings (SSSR count). The van der Waals surface area contributed by atoms with Gasteiger partial charge in [-0.2, -0.15) is 11.8 Å². The standard InChI is InChI=1S/C14H19FN2O3S/c1-3-17(11-6-4-10(15)5-7-11)14(20)16-12(13(18)19)8-9-21-2/h4-7,12H,3,8-9H2,1-2H3,(H,16,20)(H,18,19)/t12-/m1/s1. The quantitative estimate of drug-likeness (QED) is 0.811. The topological polar surface area (TPSA) is 69.6 Å². The second-order valence-electron chi connectivity index (χ2n) is 4.34. The van der Waals surface area contributed by atoms with Gasteiger partial charge in [0.1, 0.15) is 11.9 Å². The van der Waals surface area contributed by atoms with Gasteiger partial charge in [-0.3, -0.25) is 4.90 Å². The monoisotopic (exact) mass is 314 g/mol. The molecule has 2 amide bonds. The fourth-order valence-corrected chi connectivity index (χ4v) is 2.26. The Morgan fingerprint density at radius 1 is 1.38 bits per heavy atom. The number of urea groups is 1. The normalized spacial score (nSPS) is 11.8. The zero-order valence-electron chi connectivity index (χ0n) is 12.0. The van der Waals surface area contributed by atoms with Crippen molar-refractivity contribution in [3.63, 3.8) is 0 Å². The van der Waals surface area contributed by atoms with Crippen LogP contribution in [-0.4, -0.2) is 41.7 Å². The smallest absolute Gasteiger partial charge is 0.326 e. The molecule has 0 radical (unpaired) electrons. The number of amides is 2. The van der Waals surface area contributed by atoms with Crippen LogP contribution in [0.3, 0.4) is 0 Å². The van der Waals surface area contributed by atoms with E-state index >= 15 is 0 Å². The molecule has 0 heterocycles. The molecule has 116 valence electrons. The molecular formula is C14H19FN2O3S. The summed E-state index contributed by atoms with van der Waals surface area (Å²) in [6.45, 7) is 2.12. The predicted molar refractivity (Wildman–Crippen MR) is 82.4 cm³/mol. The number of nitrogens with zero attached hydrogens (tertiary/aromatic N) is 1. The second kappa shape index (κ2) is 8.51. The van der Waals surface area contributed by atoms with E-state index < -0.39 is 23.9 Å². The zero-order chi connectivity index (χ0) is 15.8. The van der Waals surface area contributed by atoms with E-state index in [4.69, 9.17) is 5.11 Å². The molecule has 0 saturated heterocycles. The van der Waals surface area contributed by atoms with Crippen molar-refractivity contribution in [2.45, 2.75) is 19.4 Å². The van der Waals surface area contributed by atoms with Crippen LogP contribution in [0.1, 0.15) is 13.3 Å². The molecule has 1 atom stereocenters. The van der Waals surface area contributed by atoms with E-state index in [-0.39, 0.29) is 0 Å². The fourth-order valence-electron chi connectivity index (χ4n) is 1.78. The van der Waals surface area contributed by atoms with Crippen molar-refractivity contribution in [2.75, 3.05) is 23.5 Å². The molecule has 0 bridgehead atoms. The molecule has 21 heavy (non-hydrogen) atoms. The Labute approximate surface area is 127 Å². The van der Waals surface area contributed by atoms with Crippen molar-refractivity contribution in [2.24, 2.45) is 0 Å². The minimum absolute atomic E-state index is 0.350. The third kappa shape index (κ3) is 5.26. The fraction of sp³-hybridized carbons (Fsp3) is 0.429. The Hall–Kier alpha value is -1.76. The number of carbonyl (C=O) groups is 2. The van der Waals surface area contributed by atoms with Crippen molar-refractivity contribution in [3.8, 4) is 0 Å². The summed E-state index contributed by atoms with van der Waals surface area (Å²) in [5.74, 6) is -0.814. The molecule has 1 aromatic rings. The zero-order valence-corrected chi connectivity index (χ0v) is 12.8. The average Bonchev–Trinajstić information content (AvgIpc) is 2.46. The van der Waals surface area contributed by atoms with Crippen LogP contribution in [0.5, 0.6) is 0 Å². The Kier molecular flexibility index (Phi) is 7.01. The molecule has 0 aliphatic carbocycles. The number of hydrogen-bond acceptors (Lipinski definition) is 3. The van der Waals surface area contributed by atoms with Gasteiger partial charge in [-0.1, -0.05) is 0 Å². The number of hydrogen-bond donors (Lipinski definition) is 2. The van der Waals surface area contributed by atoms with E-state index in [1.54, 1.807) is 6.92 Å². The van der Waals surface area contributed by atoms with Crippen molar-refractivity contribution in [3.05, 3.63) is 30.1 Å². The van der Waals surface area contributed by atoms with Gasteiger partial charge in [0.2, 0.25) is 0 Å². The molecule has 0 spiro atoms. The maximum absolute atomic E-state index is 12.9. The maximum Gasteiger partial charge on any atom is 0.326 e. The van der Waals surface area contributed by atoms with E-state index in [0.717, 1.165) is 0 Å². The van der Waals surface area contributed by atoms with Crippen LogP contribution in [0.25, 0.3) is 0 Å². The molecule has 0 aliphatic heterocycles. The molecule has 5 nitrogen and oxygen atoms in total. The Morgan fingerprint density at radius 2 is 2.00 bits per heavy atom. The van der Waals surface area contributed by atoms with Gasteiger partial charge in [0.15, 0.2) is 0 Å². The van der Waals surface area contributed by atoms with Crippen molar-refractivity contribution in [1.29, 1.82) is 0 Å². The number of halogens is 1. The average molecular weight is 314 g/mol. The highest BCUT2D eigenvalue weighted by Gasteiger charge is 2.22. The van der Waals surface area contributed by atoms with Gasteiger partial charge in [-0.15, -0.1) is 0 Å². The SMILES string of the molecule is CCN(C(=O)N[C@H](CCSC)C(=O)O)c1ccc(F)cc1. The van der Waals surface area contributed by atoms with E-state index in [0.29, 0.717) is 24.4 Å². The van der Waals surface area contributed by atoms with Gasteiger partial charge in [-0.05, 0) is 49.6 Å². The van der Waals surface area contributed by atoms with Crippen LogP contribution < -0.4 is 10.2 Å². The highest BCUT2D eigenvalue weighted by Crippen LogP contribution is 2.15. The third-order valence-electron chi connectivity index (χ3n) is 2.91. The summed E-state index contributed by atoms with van der Waals surface area (Å²) in [6.07, 6.45) is 2.22. The number of carboxylic acids is 1. The number of rotatable bonds is 7. The van der Waals surface area contributed by atoms with E-state index in [1.165, 1.54) is 40.9 Å². The number of carbonyl (C=O) groups excluding carboxylic acids is 1. The maximum atomic E-state index is 12.9. The van der Waals surface area contributed by atoms with Gasteiger partial charge in [0.25, 0.3) is 0 Å². The van der Waals surface area contributed by atoms with E-state index in [1.807, 2.05) is 6.26 Å². The molecular weight excluding hydrogens is 295 g/mol. The number of aliphatic carboxylic acids is 1. The molecule has 0 aromatic heterocycles. The van der Waals surface area contributed by atoms with Gasteiger partial charge >= 0.3 is 12.0 Å². The van der Waals surface area contributed by atoms with Gasteiger partial charge < -0.3 is 10.4 Å². The third-order valence-corrected chi connectivity index (χ3v) is 3.55. The van der Waals surface area contributed by atoms with Crippen molar-refractivity contribution >= 4 is 29.4 Å². The minimum atomic E-state index is -1.06. The van der Waals surface area contributed by atoms with Crippen LogP contribution in [0.15, 0.2) is 24.3 Å². The lowest BCUT2D eigenvalue weighted by atomic mass is 10.2. The summed E-state index contributed by atoms with van der Waals surface area (Å²) in [5, 5.41) is 11.6. The van der Waals surface area contributed by atoms with E-state index in [9.17, 15) is 14.0 Å². The number of anilines is 1. The van der Waals surface area contributed by atoms with Crippen LogP contribution >= 0.6 is 11.8 Å². The minimum Gasteiger partial charge on any atom is -0.480 e. The molecule has 0 saturated carbocycles. The summed E-state index contributed by atoms with van der Waals surface area (Å²) in [6, 6.07) is 4.05. The first kappa shape index (κ1) is 17.3. The Balaban J connectivity index is 2.77. The van der Waals surface area contributed by atoms with Crippen LogP contribution in [-0.2, 0) is 4.79 Å². The van der Waals surface area contributed by atoms with Crippen LogP contribution in [0.2, 0.25) is 0 Å². The number of benzene rings is 1. The molecule has 7 heteroatoms. The highest BCUT2D eigenvalue weighted by atomic mass is 32.2. The van der Waals surface area contributed by atoms with Crippen molar-refractivity contribution < 1.29 is 19.1 Å². The van der Waals surface area contributed by atoms with Crippen LogP contribution in [0.4, 0.5) is 14.9 Å². The summed E-state index contributed by atoms with van der Waals surface area (Å²) < 4.78 is 12.9. The van der Waals surface area contributed by atoms with E-state index in [2.05, 4.69) is 5.32 Å². The summed E-state index contributed by atoms with van der Waals surface area (Å²) >= 11 is 1.52. The van der Waals surface area contributed by atoms with Gasteiger partial charge in [-0.25, -0.2) is 14.0 Å². The van der Waals surface area contributed by atoms with Gasteiger partial charge in [0, 0.05) is 12.2 Å². The lowest BCUT2D eigenvalue weighted by Gasteiger charge is -2.24. The number of thioether (sulfide) groups is 1. The Bertz CT molecular complexity index is 482. The first-order valence-corrected chi connectivity index (χ1v) is 7.94. The number of carboxylic acid groups (broad SMARTS) is 1. The first-order valence-electron chi connectivity index (χ1n) is 6.55. The first-order chi connectivity index (χ1) is 9.99. The summed E-state index contributed by atoms with van der Waals surface area (Å²) in [4.78, 5) is 24.7. The highest BCUT2D eigenvalue weighted by molar-refractivity contribution is 7.98. The largest absolute Gasteiger partial charge is 0.480 e. The summed E-state index contributed by atoms with van der Waals surface area (Å²) in [5.41, 5.74) is 0.519. The molecule has 1 aromatic carbocycles. The second-order valence-corrected chi connectivity index (χ2v) is 5.33. The molecule has 0 unspecified atom stereocenters. The molecule has 2 N–H and O–H groups in total. The lowest BCUT2D eigenvalue weighted by molar-refractivity contribution is -0.139.